The lowest BCUT2D eigenvalue weighted by atomic mass is 9.99. The normalized spacial score (nSPS) is 11.7. The van der Waals surface area contributed by atoms with Crippen molar-refractivity contribution < 1.29 is 17.6 Å². The number of aryl methyl sites for hydroxylation is 1. The first-order valence-corrected chi connectivity index (χ1v) is 12.7. The summed E-state index contributed by atoms with van der Waals surface area (Å²) in [4.78, 5) is 12.6. The SMILES string of the molecule is CCCCCS(=O)(=O)NC(=O)c1ccc2oc(CC)c(Cc3ccc(Cl)cc3Cl)c2c1. The number of hydrogen-bond donors (Lipinski definition) is 1. The molecule has 0 atom stereocenters. The number of benzene rings is 2. The molecule has 0 bridgehead atoms. The van der Waals surface area contributed by atoms with E-state index < -0.39 is 15.9 Å². The van der Waals surface area contributed by atoms with Gasteiger partial charge in [0, 0.05) is 39.4 Å². The predicted octanol–water partition coefficient (Wildman–Crippen LogP) is 6.14. The second-order valence-electron chi connectivity index (χ2n) is 7.44. The molecule has 0 saturated carbocycles. The van der Waals surface area contributed by atoms with Crippen LogP contribution in [0, 0.1) is 0 Å². The van der Waals surface area contributed by atoms with Gasteiger partial charge >= 0.3 is 0 Å². The van der Waals surface area contributed by atoms with Crippen LogP contribution in [0.25, 0.3) is 11.0 Å². The standard InChI is InChI=1S/C23H25Cl2NO4S/c1-3-5-6-11-31(28,29)26-23(27)16-8-10-22-19(13-16)18(21(4-2)30-22)12-15-7-9-17(24)14-20(15)25/h7-10,13-14H,3-6,11-12H2,1-2H3,(H,26,27). The summed E-state index contributed by atoms with van der Waals surface area (Å²) >= 11 is 12.4. The van der Waals surface area contributed by atoms with Crippen LogP contribution in [0.15, 0.2) is 40.8 Å². The first-order chi connectivity index (χ1) is 14.7. The lowest BCUT2D eigenvalue weighted by molar-refractivity contribution is 0.0981. The zero-order valence-electron chi connectivity index (χ0n) is 17.5. The minimum atomic E-state index is -3.68. The molecule has 0 aliphatic rings. The topological polar surface area (TPSA) is 76.4 Å². The summed E-state index contributed by atoms with van der Waals surface area (Å²) in [5.74, 6) is 0.0831. The number of carbonyl (C=O) groups excluding carboxylic acids is 1. The van der Waals surface area contributed by atoms with Crippen LogP contribution in [0.1, 0.15) is 60.4 Å². The molecule has 0 saturated heterocycles. The predicted molar refractivity (Wildman–Crippen MR) is 126 cm³/mol. The first kappa shape index (κ1) is 23.6. The second-order valence-corrected chi connectivity index (χ2v) is 10.1. The van der Waals surface area contributed by atoms with Crippen molar-refractivity contribution in [3.8, 4) is 0 Å². The minimum absolute atomic E-state index is 0.0686. The summed E-state index contributed by atoms with van der Waals surface area (Å²) in [6, 6.07) is 10.3. The minimum Gasteiger partial charge on any atom is -0.461 e. The Balaban J connectivity index is 1.92. The van der Waals surface area contributed by atoms with Gasteiger partial charge in [0.25, 0.3) is 5.91 Å². The zero-order chi connectivity index (χ0) is 22.6. The Morgan fingerprint density at radius 3 is 2.52 bits per heavy atom. The molecule has 31 heavy (non-hydrogen) atoms. The Bertz CT molecular complexity index is 1200. The van der Waals surface area contributed by atoms with E-state index in [1.54, 1.807) is 30.3 Å². The summed E-state index contributed by atoms with van der Waals surface area (Å²) in [5, 5.41) is 1.87. The molecule has 0 aliphatic heterocycles. The third-order valence-electron chi connectivity index (χ3n) is 5.10. The van der Waals surface area contributed by atoms with E-state index in [4.69, 9.17) is 27.6 Å². The molecule has 1 amide bonds. The molecule has 166 valence electrons. The summed E-state index contributed by atoms with van der Waals surface area (Å²) < 4.78 is 32.5. The Morgan fingerprint density at radius 1 is 1.06 bits per heavy atom. The lowest BCUT2D eigenvalue weighted by Gasteiger charge is -2.08. The molecule has 1 N–H and O–H groups in total. The van der Waals surface area contributed by atoms with Gasteiger partial charge in [-0.05, 0) is 42.3 Å². The highest BCUT2D eigenvalue weighted by atomic mass is 35.5. The Labute approximate surface area is 192 Å². The van der Waals surface area contributed by atoms with Gasteiger partial charge < -0.3 is 4.42 Å². The van der Waals surface area contributed by atoms with Gasteiger partial charge in [-0.25, -0.2) is 13.1 Å². The smallest absolute Gasteiger partial charge is 0.264 e. The molecule has 3 aromatic rings. The van der Waals surface area contributed by atoms with Crippen LogP contribution < -0.4 is 4.72 Å². The summed E-state index contributed by atoms with van der Waals surface area (Å²) in [5.41, 5.74) is 2.71. The van der Waals surface area contributed by atoms with Crippen molar-refractivity contribution in [3.63, 3.8) is 0 Å². The first-order valence-electron chi connectivity index (χ1n) is 10.3. The maximum Gasteiger partial charge on any atom is 0.264 e. The van der Waals surface area contributed by atoms with Gasteiger partial charge in [0.05, 0.1) is 5.75 Å². The highest BCUT2D eigenvalue weighted by molar-refractivity contribution is 7.90. The van der Waals surface area contributed by atoms with E-state index in [2.05, 4.69) is 4.72 Å². The number of fused-ring (bicyclic) bond motifs is 1. The van der Waals surface area contributed by atoms with E-state index in [0.717, 1.165) is 35.1 Å². The summed E-state index contributed by atoms with van der Waals surface area (Å²) in [6.07, 6.45) is 3.40. The molecule has 1 aromatic heterocycles. The van der Waals surface area contributed by atoms with Crippen molar-refractivity contribution in [2.75, 3.05) is 5.75 Å². The van der Waals surface area contributed by atoms with E-state index in [1.807, 2.05) is 19.9 Å². The van der Waals surface area contributed by atoms with E-state index in [1.165, 1.54) is 0 Å². The zero-order valence-corrected chi connectivity index (χ0v) is 19.8. The maximum atomic E-state index is 12.6. The third kappa shape index (κ3) is 5.82. The highest BCUT2D eigenvalue weighted by Crippen LogP contribution is 2.32. The van der Waals surface area contributed by atoms with Crippen LogP contribution >= 0.6 is 23.2 Å². The average molecular weight is 482 g/mol. The number of sulfonamides is 1. The molecule has 0 spiro atoms. The molecule has 8 heteroatoms. The molecule has 1 heterocycles. The van der Waals surface area contributed by atoms with E-state index in [0.29, 0.717) is 34.9 Å². The highest BCUT2D eigenvalue weighted by Gasteiger charge is 2.19. The number of furan rings is 1. The maximum absolute atomic E-state index is 12.6. The Hall–Kier alpha value is -2.02. The van der Waals surface area contributed by atoms with E-state index in [-0.39, 0.29) is 11.3 Å². The number of hydrogen-bond acceptors (Lipinski definition) is 4. The van der Waals surface area contributed by atoms with Crippen LogP contribution in [-0.2, 0) is 22.9 Å². The van der Waals surface area contributed by atoms with Gasteiger partial charge in [-0.2, -0.15) is 0 Å². The Kier molecular flexibility index (Phi) is 7.68. The van der Waals surface area contributed by atoms with Crippen LogP contribution in [0.4, 0.5) is 0 Å². The van der Waals surface area contributed by atoms with Gasteiger partial charge in [-0.3, -0.25) is 4.79 Å². The number of unbranched alkanes of at least 4 members (excludes halogenated alkanes) is 2. The lowest BCUT2D eigenvalue weighted by Crippen LogP contribution is -2.32. The summed E-state index contributed by atoms with van der Waals surface area (Å²) in [7, 11) is -3.68. The fourth-order valence-electron chi connectivity index (χ4n) is 3.47. The summed E-state index contributed by atoms with van der Waals surface area (Å²) in [6.45, 7) is 3.98. The molecule has 2 aromatic carbocycles. The third-order valence-corrected chi connectivity index (χ3v) is 7.01. The Morgan fingerprint density at radius 2 is 1.84 bits per heavy atom. The molecule has 3 rings (SSSR count). The van der Waals surface area contributed by atoms with E-state index >= 15 is 0 Å². The fraction of sp³-hybridized carbons (Fsp3) is 0.348. The van der Waals surface area contributed by atoms with Crippen LogP contribution in [0.2, 0.25) is 10.0 Å². The number of carbonyl (C=O) groups is 1. The van der Waals surface area contributed by atoms with Crippen LogP contribution in [-0.4, -0.2) is 20.1 Å². The molecule has 0 radical (unpaired) electrons. The average Bonchev–Trinajstić information content (AvgIpc) is 3.06. The number of nitrogens with one attached hydrogen (secondary N) is 1. The van der Waals surface area contributed by atoms with Crippen molar-refractivity contribution in [2.45, 2.75) is 46.0 Å². The second kappa shape index (κ2) is 10.1. The van der Waals surface area contributed by atoms with Gasteiger partial charge in [0.1, 0.15) is 11.3 Å². The van der Waals surface area contributed by atoms with Crippen molar-refractivity contribution in [2.24, 2.45) is 0 Å². The largest absolute Gasteiger partial charge is 0.461 e. The van der Waals surface area contributed by atoms with Gasteiger partial charge in [-0.15, -0.1) is 0 Å². The number of amides is 1. The quantitative estimate of drug-likeness (QED) is 0.372. The van der Waals surface area contributed by atoms with Crippen molar-refractivity contribution >= 4 is 50.1 Å². The molecule has 0 fully saturated rings. The van der Waals surface area contributed by atoms with Crippen molar-refractivity contribution in [1.82, 2.24) is 4.72 Å². The molecular weight excluding hydrogens is 457 g/mol. The molecule has 0 unspecified atom stereocenters. The van der Waals surface area contributed by atoms with Crippen LogP contribution in [0.5, 0.6) is 0 Å². The molecule has 0 aliphatic carbocycles. The fourth-order valence-corrected chi connectivity index (χ4v) is 5.03. The van der Waals surface area contributed by atoms with Gasteiger partial charge in [0.2, 0.25) is 10.0 Å². The monoisotopic (exact) mass is 481 g/mol. The van der Waals surface area contributed by atoms with E-state index in [9.17, 15) is 13.2 Å². The number of rotatable bonds is 9. The van der Waals surface area contributed by atoms with Crippen molar-refractivity contribution in [1.29, 1.82) is 0 Å². The number of halogens is 2. The van der Waals surface area contributed by atoms with Gasteiger partial charge in [0.15, 0.2) is 0 Å². The van der Waals surface area contributed by atoms with Crippen LogP contribution in [0.3, 0.4) is 0 Å². The van der Waals surface area contributed by atoms with Crippen molar-refractivity contribution in [3.05, 3.63) is 68.9 Å². The molecule has 5 nitrogen and oxygen atoms in total. The van der Waals surface area contributed by atoms with Gasteiger partial charge in [-0.1, -0.05) is 56.0 Å². The molecular formula is C23H25Cl2NO4S.